The van der Waals surface area contributed by atoms with Crippen molar-refractivity contribution in [2.75, 3.05) is 0 Å². The Labute approximate surface area is 175 Å². The standard InChI is InChI=1S/C21H28N6O3/c1-21(2,3)30-20(28)24-15-6-5-7-16(10-15)29-19-18-8-9-22-27(18)13-17(25-19)14-11-23-26(4)12-14/h8-9,11-13,15-16H,5-7,10H2,1-4H3,(H,24,28)/t15-,16+/m0/s1. The Kier molecular flexibility index (Phi) is 5.36. The maximum Gasteiger partial charge on any atom is 0.407 e. The number of amides is 1. The molecule has 9 nitrogen and oxygen atoms in total. The number of nitrogens with zero attached hydrogens (tertiary/aromatic N) is 5. The Morgan fingerprint density at radius 2 is 2.07 bits per heavy atom. The minimum atomic E-state index is -0.515. The van der Waals surface area contributed by atoms with Crippen molar-refractivity contribution < 1.29 is 14.3 Å². The molecule has 0 bridgehead atoms. The molecule has 1 amide bonds. The number of alkyl carbamates (subject to hydrolysis) is 1. The van der Waals surface area contributed by atoms with E-state index in [4.69, 9.17) is 14.5 Å². The molecule has 1 aliphatic carbocycles. The van der Waals surface area contributed by atoms with Crippen LogP contribution in [0.4, 0.5) is 4.79 Å². The van der Waals surface area contributed by atoms with Gasteiger partial charge >= 0.3 is 6.09 Å². The van der Waals surface area contributed by atoms with Gasteiger partial charge in [0.2, 0.25) is 5.88 Å². The third-order valence-electron chi connectivity index (χ3n) is 4.98. The molecule has 1 saturated carbocycles. The van der Waals surface area contributed by atoms with E-state index in [9.17, 15) is 4.79 Å². The zero-order valence-electron chi connectivity index (χ0n) is 17.8. The van der Waals surface area contributed by atoms with Gasteiger partial charge in [0.1, 0.15) is 17.2 Å². The van der Waals surface area contributed by atoms with Crippen LogP contribution in [0.3, 0.4) is 0 Å². The number of nitrogens with one attached hydrogen (secondary N) is 1. The lowest BCUT2D eigenvalue weighted by Gasteiger charge is -2.30. The maximum absolute atomic E-state index is 12.1. The van der Waals surface area contributed by atoms with Crippen LogP contribution in [0.25, 0.3) is 16.8 Å². The molecule has 0 unspecified atom stereocenters. The molecule has 3 aromatic heterocycles. The van der Waals surface area contributed by atoms with Crippen LogP contribution in [0.2, 0.25) is 0 Å². The van der Waals surface area contributed by atoms with Crippen molar-refractivity contribution in [3.05, 3.63) is 30.9 Å². The summed E-state index contributed by atoms with van der Waals surface area (Å²) in [5, 5.41) is 11.5. The molecule has 2 atom stereocenters. The molecule has 9 heteroatoms. The fourth-order valence-corrected chi connectivity index (χ4v) is 3.69. The fourth-order valence-electron chi connectivity index (χ4n) is 3.69. The van der Waals surface area contributed by atoms with Gasteiger partial charge in [0, 0.05) is 31.3 Å². The van der Waals surface area contributed by atoms with E-state index >= 15 is 0 Å². The summed E-state index contributed by atoms with van der Waals surface area (Å²) in [4.78, 5) is 16.9. The summed E-state index contributed by atoms with van der Waals surface area (Å²) in [7, 11) is 1.87. The number of hydrogen-bond donors (Lipinski definition) is 1. The number of aromatic nitrogens is 5. The van der Waals surface area contributed by atoms with Crippen molar-refractivity contribution in [3.63, 3.8) is 0 Å². The van der Waals surface area contributed by atoms with E-state index in [-0.39, 0.29) is 18.2 Å². The van der Waals surface area contributed by atoms with Crippen molar-refractivity contribution in [1.82, 2.24) is 29.7 Å². The molecular weight excluding hydrogens is 384 g/mol. The van der Waals surface area contributed by atoms with Gasteiger partial charge in [0.05, 0.1) is 24.3 Å². The van der Waals surface area contributed by atoms with Crippen molar-refractivity contribution >= 4 is 11.6 Å². The second-order valence-corrected chi connectivity index (χ2v) is 8.74. The topological polar surface area (TPSA) is 95.6 Å². The largest absolute Gasteiger partial charge is 0.473 e. The minimum Gasteiger partial charge on any atom is -0.473 e. The predicted molar refractivity (Wildman–Crippen MR) is 111 cm³/mol. The van der Waals surface area contributed by atoms with Crippen LogP contribution in [0.5, 0.6) is 5.88 Å². The van der Waals surface area contributed by atoms with Crippen molar-refractivity contribution in [2.45, 2.75) is 64.2 Å². The van der Waals surface area contributed by atoms with Gasteiger partial charge in [-0.25, -0.2) is 14.3 Å². The zero-order chi connectivity index (χ0) is 21.3. The van der Waals surface area contributed by atoms with Crippen molar-refractivity contribution in [1.29, 1.82) is 0 Å². The van der Waals surface area contributed by atoms with E-state index in [2.05, 4.69) is 15.5 Å². The second-order valence-electron chi connectivity index (χ2n) is 8.74. The highest BCUT2D eigenvalue weighted by Crippen LogP contribution is 2.28. The highest BCUT2D eigenvalue weighted by molar-refractivity contribution is 5.68. The Balaban J connectivity index is 1.49. The van der Waals surface area contributed by atoms with Crippen LogP contribution in [0.15, 0.2) is 30.9 Å². The summed E-state index contributed by atoms with van der Waals surface area (Å²) < 4.78 is 15.2. The molecule has 0 radical (unpaired) electrons. The van der Waals surface area contributed by atoms with E-state index < -0.39 is 5.60 Å². The first-order valence-electron chi connectivity index (χ1n) is 10.3. The lowest BCUT2D eigenvalue weighted by molar-refractivity contribution is 0.0462. The van der Waals surface area contributed by atoms with E-state index in [0.717, 1.165) is 36.0 Å². The molecule has 3 heterocycles. The van der Waals surface area contributed by atoms with E-state index in [1.807, 2.05) is 46.3 Å². The second kappa shape index (κ2) is 7.97. The Hall–Kier alpha value is -3.10. The summed E-state index contributed by atoms with van der Waals surface area (Å²) in [6.07, 6.45) is 10.3. The minimum absolute atomic E-state index is 0.0148. The Morgan fingerprint density at radius 3 is 2.80 bits per heavy atom. The summed E-state index contributed by atoms with van der Waals surface area (Å²) in [5.74, 6) is 0.539. The van der Waals surface area contributed by atoms with Gasteiger partial charge in [-0.15, -0.1) is 0 Å². The third-order valence-corrected chi connectivity index (χ3v) is 4.98. The maximum atomic E-state index is 12.1. The molecule has 0 saturated heterocycles. The fraction of sp³-hybridized carbons (Fsp3) is 0.524. The number of ether oxygens (including phenoxy) is 2. The quantitative estimate of drug-likeness (QED) is 0.706. The van der Waals surface area contributed by atoms with E-state index in [1.165, 1.54) is 0 Å². The van der Waals surface area contributed by atoms with Gasteiger partial charge in [-0.3, -0.25) is 4.68 Å². The summed E-state index contributed by atoms with van der Waals surface area (Å²) in [6, 6.07) is 1.90. The molecule has 1 N–H and O–H groups in total. The van der Waals surface area contributed by atoms with E-state index in [1.54, 1.807) is 21.6 Å². The molecule has 4 rings (SSSR count). The normalized spacial score (nSPS) is 19.6. The first-order chi connectivity index (χ1) is 14.3. The highest BCUT2D eigenvalue weighted by Gasteiger charge is 2.27. The van der Waals surface area contributed by atoms with Crippen LogP contribution >= 0.6 is 0 Å². The molecule has 30 heavy (non-hydrogen) atoms. The molecule has 3 aromatic rings. The van der Waals surface area contributed by atoms with Crippen LogP contribution < -0.4 is 10.1 Å². The number of rotatable bonds is 4. The Bertz CT molecular complexity index is 1030. The molecular formula is C21H28N6O3. The average molecular weight is 412 g/mol. The molecule has 0 spiro atoms. The highest BCUT2D eigenvalue weighted by atomic mass is 16.6. The van der Waals surface area contributed by atoms with Gasteiger partial charge in [-0.2, -0.15) is 10.2 Å². The smallest absolute Gasteiger partial charge is 0.407 e. The summed E-state index contributed by atoms with van der Waals surface area (Å²) in [5.41, 5.74) is 1.94. The number of aryl methyl sites for hydroxylation is 1. The monoisotopic (exact) mass is 412 g/mol. The van der Waals surface area contributed by atoms with Crippen molar-refractivity contribution in [3.8, 4) is 17.1 Å². The summed E-state index contributed by atoms with van der Waals surface area (Å²) >= 11 is 0. The molecule has 1 aliphatic rings. The summed E-state index contributed by atoms with van der Waals surface area (Å²) in [6.45, 7) is 5.57. The van der Waals surface area contributed by atoms with Gasteiger partial charge < -0.3 is 14.8 Å². The van der Waals surface area contributed by atoms with Gasteiger partial charge in [-0.1, -0.05) is 0 Å². The Morgan fingerprint density at radius 1 is 1.23 bits per heavy atom. The SMILES string of the molecule is Cn1cc(-c2cn3nccc3c(O[C@@H]3CCC[C@H](NC(=O)OC(C)(C)C)C3)n2)cn1. The lowest BCUT2D eigenvalue weighted by atomic mass is 9.93. The number of carbonyl (C=O) groups is 1. The molecule has 0 aromatic carbocycles. The van der Waals surface area contributed by atoms with Gasteiger partial charge in [0.15, 0.2) is 0 Å². The number of hydrogen-bond acceptors (Lipinski definition) is 6. The number of fused-ring (bicyclic) bond motifs is 1. The predicted octanol–water partition coefficient (Wildman–Crippen LogP) is 3.34. The zero-order valence-corrected chi connectivity index (χ0v) is 17.8. The molecule has 160 valence electrons. The first-order valence-corrected chi connectivity index (χ1v) is 10.3. The lowest BCUT2D eigenvalue weighted by Crippen LogP contribution is -2.43. The molecule has 0 aliphatic heterocycles. The van der Waals surface area contributed by atoms with Crippen molar-refractivity contribution in [2.24, 2.45) is 7.05 Å². The van der Waals surface area contributed by atoms with Crippen LogP contribution in [0.1, 0.15) is 46.5 Å². The number of carbonyl (C=O) groups excluding carboxylic acids is 1. The van der Waals surface area contributed by atoms with Gasteiger partial charge in [-0.05, 0) is 46.1 Å². The van der Waals surface area contributed by atoms with Crippen LogP contribution in [-0.4, -0.2) is 48.2 Å². The third kappa shape index (κ3) is 4.72. The first kappa shape index (κ1) is 20.2. The van der Waals surface area contributed by atoms with Gasteiger partial charge in [0.25, 0.3) is 0 Å². The van der Waals surface area contributed by atoms with E-state index in [0.29, 0.717) is 12.3 Å². The van der Waals surface area contributed by atoms with Crippen LogP contribution in [0, 0.1) is 0 Å². The molecule has 1 fully saturated rings. The average Bonchev–Trinajstić information content (AvgIpc) is 3.29. The van der Waals surface area contributed by atoms with Crippen LogP contribution in [-0.2, 0) is 11.8 Å².